The van der Waals surface area contributed by atoms with Gasteiger partial charge in [0, 0.05) is 11.1 Å². The van der Waals surface area contributed by atoms with Crippen LogP contribution in [-0.4, -0.2) is 40.9 Å². The van der Waals surface area contributed by atoms with Gasteiger partial charge in [0.1, 0.15) is 0 Å². The van der Waals surface area contributed by atoms with Crippen molar-refractivity contribution < 1.29 is 23.9 Å². The number of nitrogens with zero attached hydrogens (tertiary/aromatic N) is 1. The number of hydrogen-bond donors (Lipinski definition) is 1. The highest BCUT2D eigenvalue weighted by Crippen LogP contribution is 2.25. The first-order valence-corrected chi connectivity index (χ1v) is 9.56. The summed E-state index contributed by atoms with van der Waals surface area (Å²) in [6.07, 6.45) is -1.05. The van der Waals surface area contributed by atoms with Crippen molar-refractivity contribution in [3.8, 4) is 0 Å². The van der Waals surface area contributed by atoms with Crippen LogP contribution in [0.15, 0.2) is 24.3 Å². The monoisotopic (exact) mass is 408 g/mol. The predicted molar refractivity (Wildman–Crippen MR) is 112 cm³/mol. The molecule has 0 aliphatic carbocycles. The molecule has 0 spiro atoms. The molecule has 2 aromatic heterocycles. The molecule has 0 radical (unpaired) electrons. The number of pyridine rings is 1. The van der Waals surface area contributed by atoms with E-state index in [-0.39, 0.29) is 5.69 Å². The second-order valence-electron chi connectivity index (χ2n) is 7.24. The molecule has 1 N–H and O–H groups in total. The number of ketones is 1. The van der Waals surface area contributed by atoms with Crippen LogP contribution in [0.3, 0.4) is 0 Å². The first-order valence-electron chi connectivity index (χ1n) is 9.56. The van der Waals surface area contributed by atoms with Gasteiger partial charge in [-0.1, -0.05) is 18.2 Å². The van der Waals surface area contributed by atoms with Gasteiger partial charge in [0.25, 0.3) is 0 Å². The highest BCUT2D eigenvalue weighted by atomic mass is 16.5. The van der Waals surface area contributed by atoms with Crippen LogP contribution in [0.25, 0.3) is 10.9 Å². The molecule has 3 aromatic rings. The van der Waals surface area contributed by atoms with Gasteiger partial charge in [-0.25, -0.2) is 9.59 Å². The lowest BCUT2D eigenvalue weighted by Crippen LogP contribution is -2.26. The van der Waals surface area contributed by atoms with Gasteiger partial charge in [-0.05, 0) is 51.8 Å². The van der Waals surface area contributed by atoms with Crippen molar-refractivity contribution in [1.29, 1.82) is 0 Å². The Balaban J connectivity index is 1.89. The van der Waals surface area contributed by atoms with Crippen molar-refractivity contribution >= 4 is 28.6 Å². The molecule has 30 heavy (non-hydrogen) atoms. The van der Waals surface area contributed by atoms with Crippen LogP contribution in [0.4, 0.5) is 0 Å². The normalized spacial score (nSPS) is 11.9. The van der Waals surface area contributed by atoms with E-state index in [9.17, 15) is 14.4 Å². The van der Waals surface area contributed by atoms with Crippen molar-refractivity contribution in [2.75, 3.05) is 7.11 Å². The van der Waals surface area contributed by atoms with Crippen molar-refractivity contribution in [3.63, 3.8) is 0 Å². The fraction of sp³-hybridized carbons (Fsp3) is 0.304. The summed E-state index contributed by atoms with van der Waals surface area (Å²) in [5.74, 6) is -1.57. The van der Waals surface area contributed by atoms with Crippen molar-refractivity contribution in [1.82, 2.24) is 9.97 Å². The molecule has 156 valence electrons. The molecule has 0 saturated carbocycles. The minimum Gasteiger partial charge on any atom is -0.465 e. The third kappa shape index (κ3) is 3.58. The summed E-state index contributed by atoms with van der Waals surface area (Å²) in [5.41, 5.74) is 3.95. The SMILES string of the molecule is COC(=O)c1c(C)[nH]c(C(=O)C(C)OC(=O)c2c(C)nc3ccccc3c2C)c1C. The molecular formula is C23H24N2O5. The average molecular weight is 408 g/mol. The van der Waals surface area contributed by atoms with E-state index in [0.29, 0.717) is 28.1 Å². The molecule has 3 rings (SSSR count). The topological polar surface area (TPSA) is 98.4 Å². The third-order valence-corrected chi connectivity index (χ3v) is 5.26. The molecule has 0 bridgehead atoms. The van der Waals surface area contributed by atoms with E-state index in [1.165, 1.54) is 14.0 Å². The van der Waals surface area contributed by atoms with Crippen LogP contribution < -0.4 is 0 Å². The number of methoxy groups -OCH3 is 1. The van der Waals surface area contributed by atoms with E-state index in [1.54, 1.807) is 20.8 Å². The summed E-state index contributed by atoms with van der Waals surface area (Å²) >= 11 is 0. The van der Waals surface area contributed by atoms with Crippen LogP contribution in [0.2, 0.25) is 0 Å². The van der Waals surface area contributed by atoms with Crippen LogP contribution >= 0.6 is 0 Å². The number of fused-ring (bicyclic) bond motifs is 1. The molecule has 1 aromatic carbocycles. The number of Topliss-reactive ketones (excluding diaryl/α,β-unsaturated/α-hetero) is 1. The van der Waals surface area contributed by atoms with Gasteiger partial charge in [0.2, 0.25) is 5.78 Å². The third-order valence-electron chi connectivity index (χ3n) is 5.26. The maximum absolute atomic E-state index is 12.9. The minimum absolute atomic E-state index is 0.221. The number of H-pyrrole nitrogens is 1. The second-order valence-corrected chi connectivity index (χ2v) is 7.24. The number of benzene rings is 1. The van der Waals surface area contributed by atoms with E-state index in [2.05, 4.69) is 9.97 Å². The lowest BCUT2D eigenvalue weighted by molar-refractivity contribution is 0.0315. The molecule has 2 heterocycles. The first kappa shape index (κ1) is 21.2. The number of para-hydroxylation sites is 1. The van der Waals surface area contributed by atoms with E-state index in [4.69, 9.17) is 9.47 Å². The van der Waals surface area contributed by atoms with Gasteiger partial charge in [-0.2, -0.15) is 0 Å². The molecule has 0 aliphatic rings. The van der Waals surface area contributed by atoms with Gasteiger partial charge >= 0.3 is 11.9 Å². The summed E-state index contributed by atoms with van der Waals surface area (Å²) in [5, 5.41) is 0.854. The van der Waals surface area contributed by atoms with E-state index >= 15 is 0 Å². The van der Waals surface area contributed by atoms with E-state index in [1.807, 2.05) is 31.2 Å². The Bertz CT molecular complexity index is 1180. The number of aromatic amines is 1. The van der Waals surface area contributed by atoms with Crippen LogP contribution in [0.1, 0.15) is 60.6 Å². The Labute approximate surface area is 174 Å². The number of rotatable bonds is 5. The van der Waals surface area contributed by atoms with Crippen LogP contribution in [0, 0.1) is 27.7 Å². The molecule has 7 heteroatoms. The maximum Gasteiger partial charge on any atom is 0.340 e. The van der Waals surface area contributed by atoms with Gasteiger partial charge in [0.05, 0.1) is 35.1 Å². The number of nitrogens with one attached hydrogen (secondary N) is 1. The second kappa shape index (κ2) is 8.10. The lowest BCUT2D eigenvalue weighted by atomic mass is 10.0. The number of esters is 2. The summed E-state index contributed by atoms with van der Waals surface area (Å²) in [4.78, 5) is 45.2. The van der Waals surface area contributed by atoms with Crippen molar-refractivity contribution in [2.45, 2.75) is 40.7 Å². The number of carbonyl (C=O) groups excluding carboxylic acids is 3. The van der Waals surface area contributed by atoms with Crippen molar-refractivity contribution in [2.24, 2.45) is 0 Å². The smallest absolute Gasteiger partial charge is 0.340 e. The predicted octanol–water partition coefficient (Wildman–Crippen LogP) is 4.01. The van der Waals surface area contributed by atoms with E-state index < -0.39 is 23.8 Å². The molecule has 1 atom stereocenters. The van der Waals surface area contributed by atoms with Gasteiger partial charge in [0.15, 0.2) is 6.10 Å². The average Bonchev–Trinajstić information content (AvgIpc) is 3.00. The Hall–Kier alpha value is -3.48. The molecular weight excluding hydrogens is 384 g/mol. The van der Waals surface area contributed by atoms with E-state index in [0.717, 1.165) is 16.5 Å². The highest BCUT2D eigenvalue weighted by molar-refractivity contribution is 6.05. The van der Waals surface area contributed by atoms with Gasteiger partial charge in [-0.15, -0.1) is 0 Å². The lowest BCUT2D eigenvalue weighted by Gasteiger charge is -2.15. The molecule has 0 amide bonds. The largest absolute Gasteiger partial charge is 0.465 e. The quantitative estimate of drug-likeness (QED) is 0.506. The Morgan fingerprint density at radius 1 is 0.967 bits per heavy atom. The van der Waals surface area contributed by atoms with Gasteiger partial charge in [-0.3, -0.25) is 9.78 Å². The summed E-state index contributed by atoms with van der Waals surface area (Å²) in [6, 6.07) is 7.53. The summed E-state index contributed by atoms with van der Waals surface area (Å²) < 4.78 is 10.3. The van der Waals surface area contributed by atoms with Crippen LogP contribution in [-0.2, 0) is 9.47 Å². The molecule has 7 nitrogen and oxygen atoms in total. The number of aryl methyl sites for hydroxylation is 3. The number of aromatic nitrogens is 2. The minimum atomic E-state index is -1.05. The Kier molecular flexibility index (Phi) is 5.73. The summed E-state index contributed by atoms with van der Waals surface area (Å²) in [6.45, 7) is 8.41. The molecule has 1 unspecified atom stereocenters. The van der Waals surface area contributed by atoms with Gasteiger partial charge < -0.3 is 14.5 Å². The molecule has 0 aliphatic heterocycles. The first-order chi connectivity index (χ1) is 14.2. The number of ether oxygens (including phenoxy) is 2. The summed E-state index contributed by atoms with van der Waals surface area (Å²) in [7, 11) is 1.28. The Morgan fingerprint density at radius 2 is 1.63 bits per heavy atom. The molecule has 0 fully saturated rings. The Morgan fingerprint density at radius 3 is 2.30 bits per heavy atom. The maximum atomic E-state index is 12.9. The fourth-order valence-electron chi connectivity index (χ4n) is 3.71. The molecule has 0 saturated heterocycles. The van der Waals surface area contributed by atoms with Crippen molar-refractivity contribution in [3.05, 3.63) is 63.6 Å². The fourth-order valence-corrected chi connectivity index (χ4v) is 3.71. The number of carbonyl (C=O) groups is 3. The standard InChI is InChI=1S/C23H24N2O5/c1-11-16-9-7-8-10-17(16)24-13(3)18(11)23(28)30-15(5)21(26)20-12(2)19(14(4)25-20)22(27)29-6/h7-10,15,25H,1-6H3. The highest BCUT2D eigenvalue weighted by Gasteiger charge is 2.28. The zero-order valence-electron chi connectivity index (χ0n) is 17.9. The zero-order chi connectivity index (χ0) is 22.2. The van der Waals surface area contributed by atoms with Crippen LogP contribution in [0.5, 0.6) is 0 Å². The number of hydrogen-bond acceptors (Lipinski definition) is 6. The zero-order valence-corrected chi connectivity index (χ0v) is 17.9.